The van der Waals surface area contributed by atoms with Gasteiger partial charge in [-0.3, -0.25) is 4.79 Å². The lowest BCUT2D eigenvalue weighted by Crippen LogP contribution is -2.08. The SMILES string of the molecule is Cc1ccc2nc(SCC(=O)O)n(CC(C)C)c2n1. The summed E-state index contributed by atoms with van der Waals surface area (Å²) in [7, 11) is 0. The second-order valence-corrected chi connectivity index (χ2v) is 5.82. The molecule has 0 bridgehead atoms. The molecule has 0 amide bonds. The number of fused-ring (bicyclic) bond motifs is 1. The quantitative estimate of drug-likeness (QED) is 0.852. The van der Waals surface area contributed by atoms with Gasteiger partial charge in [-0.25, -0.2) is 9.97 Å². The fourth-order valence-corrected chi connectivity index (χ4v) is 2.57. The minimum atomic E-state index is -0.836. The normalized spacial score (nSPS) is 11.4. The van der Waals surface area contributed by atoms with Crippen molar-refractivity contribution in [3.8, 4) is 0 Å². The van der Waals surface area contributed by atoms with Crippen molar-refractivity contribution in [2.45, 2.75) is 32.5 Å². The number of hydrogen-bond donors (Lipinski definition) is 1. The molecule has 1 N–H and O–H groups in total. The van der Waals surface area contributed by atoms with E-state index in [0.717, 1.165) is 28.6 Å². The summed E-state index contributed by atoms with van der Waals surface area (Å²) in [6, 6.07) is 3.85. The van der Waals surface area contributed by atoms with Crippen molar-refractivity contribution in [1.82, 2.24) is 14.5 Å². The van der Waals surface area contributed by atoms with Crippen molar-refractivity contribution >= 4 is 28.9 Å². The fourth-order valence-electron chi connectivity index (χ4n) is 1.84. The number of carboxylic acids is 1. The van der Waals surface area contributed by atoms with Gasteiger partial charge in [0, 0.05) is 12.2 Å². The van der Waals surface area contributed by atoms with Crippen molar-refractivity contribution in [3.05, 3.63) is 17.8 Å². The van der Waals surface area contributed by atoms with Crippen LogP contribution in [0.15, 0.2) is 17.3 Å². The average molecular weight is 279 g/mol. The van der Waals surface area contributed by atoms with Crippen LogP contribution in [0.2, 0.25) is 0 Å². The number of pyridine rings is 1. The Morgan fingerprint density at radius 1 is 1.42 bits per heavy atom. The number of nitrogens with zero attached hydrogens (tertiary/aromatic N) is 3. The van der Waals surface area contributed by atoms with Crippen LogP contribution in [0.4, 0.5) is 0 Å². The van der Waals surface area contributed by atoms with Crippen LogP contribution in [-0.2, 0) is 11.3 Å². The highest BCUT2D eigenvalue weighted by Gasteiger charge is 2.14. The number of aryl methyl sites for hydroxylation is 1. The molecule has 0 fully saturated rings. The standard InChI is InChI=1S/C13H17N3O2S/c1-8(2)6-16-12-10(5-4-9(3)14-12)15-13(16)19-7-11(17)18/h4-5,8H,6-7H2,1-3H3,(H,17,18). The van der Waals surface area contributed by atoms with E-state index < -0.39 is 5.97 Å². The Morgan fingerprint density at radius 3 is 2.79 bits per heavy atom. The van der Waals surface area contributed by atoms with Gasteiger partial charge in [-0.2, -0.15) is 0 Å². The van der Waals surface area contributed by atoms with Crippen LogP contribution >= 0.6 is 11.8 Å². The van der Waals surface area contributed by atoms with E-state index >= 15 is 0 Å². The van der Waals surface area contributed by atoms with E-state index in [1.165, 1.54) is 11.8 Å². The average Bonchev–Trinajstić information content (AvgIpc) is 2.64. The molecule has 0 aromatic carbocycles. The maximum Gasteiger partial charge on any atom is 0.313 e. The Hall–Kier alpha value is -1.56. The van der Waals surface area contributed by atoms with Crippen LogP contribution < -0.4 is 0 Å². The summed E-state index contributed by atoms with van der Waals surface area (Å²) in [6.07, 6.45) is 0. The summed E-state index contributed by atoms with van der Waals surface area (Å²) in [5.41, 5.74) is 2.59. The molecule has 19 heavy (non-hydrogen) atoms. The smallest absolute Gasteiger partial charge is 0.313 e. The van der Waals surface area contributed by atoms with Crippen LogP contribution in [0.5, 0.6) is 0 Å². The number of imidazole rings is 1. The van der Waals surface area contributed by atoms with E-state index in [0.29, 0.717) is 5.92 Å². The second-order valence-electron chi connectivity index (χ2n) is 4.88. The van der Waals surface area contributed by atoms with Crippen LogP contribution in [0, 0.1) is 12.8 Å². The molecule has 102 valence electrons. The number of carbonyl (C=O) groups is 1. The number of hydrogen-bond acceptors (Lipinski definition) is 4. The molecule has 0 spiro atoms. The third kappa shape index (κ3) is 3.26. The number of aromatic nitrogens is 3. The molecule has 0 atom stereocenters. The van der Waals surface area contributed by atoms with Crippen molar-refractivity contribution in [3.63, 3.8) is 0 Å². The van der Waals surface area contributed by atoms with Gasteiger partial charge in [0.25, 0.3) is 0 Å². The molecule has 0 radical (unpaired) electrons. The molecule has 2 aromatic heterocycles. The molecular formula is C13H17N3O2S. The second kappa shape index (κ2) is 5.61. The minimum Gasteiger partial charge on any atom is -0.481 e. The molecule has 2 aromatic rings. The minimum absolute atomic E-state index is 0.0143. The lowest BCUT2D eigenvalue weighted by molar-refractivity contribution is -0.133. The molecular weight excluding hydrogens is 262 g/mol. The van der Waals surface area contributed by atoms with E-state index in [1.54, 1.807) is 0 Å². The summed E-state index contributed by atoms with van der Waals surface area (Å²) in [5, 5.41) is 9.52. The zero-order valence-corrected chi connectivity index (χ0v) is 12.1. The Labute approximate surface area is 116 Å². The van der Waals surface area contributed by atoms with Gasteiger partial charge in [0.05, 0.1) is 5.75 Å². The van der Waals surface area contributed by atoms with Crippen molar-refractivity contribution in [2.75, 3.05) is 5.75 Å². The number of carboxylic acid groups (broad SMARTS) is 1. The molecule has 0 aliphatic rings. The Balaban J connectivity index is 2.45. The van der Waals surface area contributed by atoms with Crippen LogP contribution in [0.25, 0.3) is 11.2 Å². The summed E-state index contributed by atoms with van der Waals surface area (Å²) < 4.78 is 2.01. The molecule has 0 unspecified atom stereocenters. The van der Waals surface area contributed by atoms with E-state index in [2.05, 4.69) is 23.8 Å². The molecule has 0 aliphatic carbocycles. The van der Waals surface area contributed by atoms with Gasteiger partial charge in [-0.05, 0) is 25.0 Å². The van der Waals surface area contributed by atoms with Crippen molar-refractivity contribution in [2.24, 2.45) is 5.92 Å². The third-order valence-corrected chi connectivity index (χ3v) is 3.53. The summed E-state index contributed by atoms with van der Waals surface area (Å²) in [5.74, 6) is -0.374. The zero-order valence-electron chi connectivity index (χ0n) is 11.3. The first-order chi connectivity index (χ1) is 8.97. The molecule has 2 rings (SSSR count). The van der Waals surface area contributed by atoms with E-state index in [4.69, 9.17) is 5.11 Å². The van der Waals surface area contributed by atoms with Gasteiger partial charge in [0.15, 0.2) is 10.8 Å². The van der Waals surface area contributed by atoms with Crippen LogP contribution in [-0.4, -0.2) is 31.4 Å². The van der Waals surface area contributed by atoms with E-state index in [1.807, 2.05) is 23.6 Å². The maximum atomic E-state index is 10.7. The first-order valence-electron chi connectivity index (χ1n) is 6.16. The highest BCUT2D eigenvalue weighted by Crippen LogP contribution is 2.24. The number of rotatable bonds is 5. The summed E-state index contributed by atoms with van der Waals surface area (Å²) in [6.45, 7) is 6.96. The fraction of sp³-hybridized carbons (Fsp3) is 0.462. The lowest BCUT2D eigenvalue weighted by Gasteiger charge is -2.10. The molecule has 0 saturated heterocycles. The predicted octanol–water partition coefficient (Wildman–Crippen LogP) is 2.57. The monoisotopic (exact) mass is 279 g/mol. The zero-order chi connectivity index (χ0) is 14.0. The highest BCUT2D eigenvalue weighted by molar-refractivity contribution is 7.99. The number of thioether (sulfide) groups is 1. The first kappa shape index (κ1) is 13.9. The lowest BCUT2D eigenvalue weighted by atomic mass is 10.2. The van der Waals surface area contributed by atoms with Crippen molar-refractivity contribution in [1.29, 1.82) is 0 Å². The maximum absolute atomic E-state index is 10.7. The number of aliphatic carboxylic acids is 1. The van der Waals surface area contributed by atoms with Crippen LogP contribution in [0.3, 0.4) is 0 Å². The molecule has 6 heteroatoms. The van der Waals surface area contributed by atoms with Gasteiger partial charge in [-0.1, -0.05) is 25.6 Å². The Bertz CT molecular complexity index is 607. The molecule has 0 saturated carbocycles. The molecule has 2 heterocycles. The molecule has 5 nitrogen and oxygen atoms in total. The van der Waals surface area contributed by atoms with Crippen molar-refractivity contribution < 1.29 is 9.90 Å². The first-order valence-corrected chi connectivity index (χ1v) is 7.14. The predicted molar refractivity (Wildman–Crippen MR) is 75.5 cm³/mol. The van der Waals surface area contributed by atoms with Gasteiger partial charge in [-0.15, -0.1) is 0 Å². The van der Waals surface area contributed by atoms with Gasteiger partial charge in [0.2, 0.25) is 0 Å². The van der Waals surface area contributed by atoms with E-state index in [-0.39, 0.29) is 5.75 Å². The van der Waals surface area contributed by atoms with Gasteiger partial charge in [0.1, 0.15) is 5.52 Å². The largest absolute Gasteiger partial charge is 0.481 e. The molecule has 0 aliphatic heterocycles. The summed E-state index contributed by atoms with van der Waals surface area (Å²) in [4.78, 5) is 19.7. The van der Waals surface area contributed by atoms with Crippen LogP contribution in [0.1, 0.15) is 19.5 Å². The van der Waals surface area contributed by atoms with E-state index in [9.17, 15) is 4.79 Å². The Morgan fingerprint density at radius 2 is 2.16 bits per heavy atom. The van der Waals surface area contributed by atoms with Gasteiger partial charge >= 0.3 is 5.97 Å². The topological polar surface area (TPSA) is 68.0 Å². The Kier molecular flexibility index (Phi) is 4.09. The third-order valence-electron chi connectivity index (χ3n) is 2.57. The highest BCUT2D eigenvalue weighted by atomic mass is 32.2. The summed E-state index contributed by atoms with van der Waals surface area (Å²) >= 11 is 1.24. The van der Waals surface area contributed by atoms with Gasteiger partial charge < -0.3 is 9.67 Å².